The lowest BCUT2D eigenvalue weighted by molar-refractivity contribution is -0.137. The van der Waals surface area contributed by atoms with Gasteiger partial charge in [-0.2, -0.15) is 0 Å². The highest BCUT2D eigenvalue weighted by molar-refractivity contribution is 5.68. The molecule has 1 aromatic heterocycles. The van der Waals surface area contributed by atoms with E-state index in [1.807, 2.05) is 66.2 Å². The van der Waals surface area contributed by atoms with Crippen molar-refractivity contribution in [3.05, 3.63) is 77.1 Å². The topological polar surface area (TPSA) is 92.9 Å². The maximum atomic E-state index is 11.7. The van der Waals surface area contributed by atoms with Crippen LogP contribution in [0.4, 0.5) is 0 Å². The molecular formula is C24H29N5O2. The molecule has 7 heteroatoms. The summed E-state index contributed by atoms with van der Waals surface area (Å²) < 4.78 is 1.96. The Morgan fingerprint density at radius 1 is 1.06 bits per heavy atom. The van der Waals surface area contributed by atoms with Crippen LogP contribution in [0.3, 0.4) is 0 Å². The van der Waals surface area contributed by atoms with Crippen molar-refractivity contribution in [2.24, 2.45) is 0 Å². The summed E-state index contributed by atoms with van der Waals surface area (Å²) in [6.07, 6.45) is 5.71. The van der Waals surface area contributed by atoms with Crippen LogP contribution in [0.1, 0.15) is 79.2 Å². The Bertz CT molecular complexity index is 981. The van der Waals surface area contributed by atoms with Crippen molar-refractivity contribution in [3.8, 4) is 0 Å². The molecule has 2 N–H and O–H groups in total. The highest BCUT2D eigenvalue weighted by Gasteiger charge is 2.29. The van der Waals surface area contributed by atoms with Crippen LogP contribution in [0.25, 0.3) is 0 Å². The fourth-order valence-corrected chi connectivity index (χ4v) is 4.39. The van der Waals surface area contributed by atoms with Gasteiger partial charge >= 0.3 is 5.97 Å². The summed E-state index contributed by atoms with van der Waals surface area (Å²) in [7, 11) is 0. The maximum Gasteiger partial charge on any atom is 0.305 e. The highest BCUT2D eigenvalue weighted by Crippen LogP contribution is 2.32. The molecule has 0 aliphatic heterocycles. The Morgan fingerprint density at radius 2 is 1.77 bits per heavy atom. The van der Waals surface area contributed by atoms with E-state index in [9.17, 15) is 9.90 Å². The molecule has 2 aromatic carbocycles. The summed E-state index contributed by atoms with van der Waals surface area (Å²) >= 11 is 0. The fraction of sp³-hybridized carbons (Fsp3) is 0.417. The first-order valence-electron chi connectivity index (χ1n) is 11.0. The lowest BCUT2D eigenvalue weighted by Gasteiger charge is -2.28. The van der Waals surface area contributed by atoms with Crippen molar-refractivity contribution < 1.29 is 9.90 Å². The third kappa shape index (κ3) is 5.17. The number of hydrogen-bond donors (Lipinski definition) is 2. The van der Waals surface area contributed by atoms with E-state index in [1.165, 1.54) is 19.3 Å². The van der Waals surface area contributed by atoms with Gasteiger partial charge in [0, 0.05) is 6.04 Å². The Labute approximate surface area is 182 Å². The summed E-state index contributed by atoms with van der Waals surface area (Å²) in [5.41, 5.74) is 3.08. The van der Waals surface area contributed by atoms with Crippen molar-refractivity contribution in [1.82, 2.24) is 25.5 Å². The first-order chi connectivity index (χ1) is 15.1. The van der Waals surface area contributed by atoms with E-state index in [0.717, 1.165) is 35.4 Å². The summed E-state index contributed by atoms with van der Waals surface area (Å²) in [6, 6.07) is 17.6. The second kappa shape index (κ2) is 9.83. The molecule has 0 radical (unpaired) electrons. The molecule has 0 saturated heterocycles. The molecule has 2 unspecified atom stereocenters. The zero-order valence-corrected chi connectivity index (χ0v) is 17.8. The summed E-state index contributed by atoms with van der Waals surface area (Å²) in [5.74, 6) is -0.114. The molecule has 1 saturated carbocycles. The Kier molecular flexibility index (Phi) is 6.72. The largest absolute Gasteiger partial charge is 0.481 e. The van der Waals surface area contributed by atoms with Gasteiger partial charge < -0.3 is 5.11 Å². The minimum atomic E-state index is -0.850. The van der Waals surface area contributed by atoms with Crippen molar-refractivity contribution in [2.45, 2.75) is 63.6 Å². The average molecular weight is 420 g/mol. The van der Waals surface area contributed by atoms with Crippen LogP contribution in [0.5, 0.6) is 0 Å². The molecule has 1 aliphatic carbocycles. The Hall–Kier alpha value is -3.06. The number of nitrogens with zero attached hydrogens (tertiary/aromatic N) is 4. The van der Waals surface area contributed by atoms with Crippen LogP contribution in [0.15, 0.2) is 54.6 Å². The second-order valence-corrected chi connectivity index (χ2v) is 8.34. The summed E-state index contributed by atoms with van der Waals surface area (Å²) in [4.78, 5) is 11.7. The zero-order chi connectivity index (χ0) is 21.6. The first kappa shape index (κ1) is 21.2. The van der Waals surface area contributed by atoms with Crippen LogP contribution in [0.2, 0.25) is 0 Å². The monoisotopic (exact) mass is 419 g/mol. The number of carboxylic acids is 1. The number of carboxylic acid groups (broad SMARTS) is 1. The van der Waals surface area contributed by atoms with Crippen molar-refractivity contribution >= 4 is 5.97 Å². The summed E-state index contributed by atoms with van der Waals surface area (Å²) in [6.45, 7) is 2.02. The molecular weight excluding hydrogens is 390 g/mol. The van der Waals surface area contributed by atoms with Crippen LogP contribution < -0.4 is 5.32 Å². The molecule has 4 rings (SSSR count). The smallest absolute Gasteiger partial charge is 0.305 e. The third-order valence-corrected chi connectivity index (χ3v) is 6.06. The minimum Gasteiger partial charge on any atom is -0.481 e. The standard InChI is InChI=1S/C24H29N5O2/c1-17-12-14-18(15-13-17)21(16-22(30)31)25-23(19-8-4-2-5-9-19)24-26-27-28-29(24)20-10-6-3-7-11-20/h2,4-5,8-9,12-15,20-21,23,25H,3,6-7,10-11,16H2,1H3,(H,30,31). The summed E-state index contributed by atoms with van der Waals surface area (Å²) in [5, 5.41) is 25.9. The van der Waals surface area contributed by atoms with Gasteiger partial charge in [0.05, 0.1) is 18.5 Å². The van der Waals surface area contributed by atoms with Crippen molar-refractivity contribution in [1.29, 1.82) is 0 Å². The number of aliphatic carboxylic acids is 1. The van der Waals surface area contributed by atoms with Gasteiger partial charge in [-0.05, 0) is 41.3 Å². The van der Waals surface area contributed by atoms with E-state index < -0.39 is 5.97 Å². The van der Waals surface area contributed by atoms with Gasteiger partial charge in [0.15, 0.2) is 5.82 Å². The molecule has 1 heterocycles. The Balaban J connectivity index is 1.71. The van der Waals surface area contributed by atoms with Gasteiger partial charge in [-0.1, -0.05) is 79.4 Å². The van der Waals surface area contributed by atoms with Crippen LogP contribution in [-0.4, -0.2) is 31.3 Å². The maximum absolute atomic E-state index is 11.7. The normalized spacial score (nSPS) is 16.7. The number of carbonyl (C=O) groups is 1. The van der Waals surface area contributed by atoms with Crippen LogP contribution in [-0.2, 0) is 4.79 Å². The minimum absolute atomic E-state index is 0.0304. The van der Waals surface area contributed by atoms with Gasteiger partial charge in [-0.3, -0.25) is 10.1 Å². The molecule has 1 aliphatic rings. The number of aromatic nitrogens is 4. The number of benzene rings is 2. The number of tetrazole rings is 1. The third-order valence-electron chi connectivity index (χ3n) is 6.06. The lowest BCUT2D eigenvalue weighted by atomic mass is 9.94. The molecule has 7 nitrogen and oxygen atoms in total. The van der Waals surface area contributed by atoms with Gasteiger partial charge in [0.25, 0.3) is 0 Å². The Morgan fingerprint density at radius 3 is 2.45 bits per heavy atom. The van der Waals surface area contributed by atoms with E-state index in [4.69, 9.17) is 0 Å². The second-order valence-electron chi connectivity index (χ2n) is 8.34. The van der Waals surface area contributed by atoms with Crippen LogP contribution in [0, 0.1) is 6.92 Å². The van der Waals surface area contributed by atoms with Gasteiger partial charge in [0.1, 0.15) is 0 Å². The van der Waals surface area contributed by atoms with Crippen molar-refractivity contribution in [2.75, 3.05) is 0 Å². The van der Waals surface area contributed by atoms with E-state index in [1.54, 1.807) is 0 Å². The molecule has 31 heavy (non-hydrogen) atoms. The van der Waals surface area contributed by atoms with E-state index in [2.05, 4.69) is 20.8 Å². The molecule has 0 bridgehead atoms. The number of nitrogens with one attached hydrogen (secondary N) is 1. The van der Waals surface area contributed by atoms with Gasteiger partial charge in [0.2, 0.25) is 0 Å². The van der Waals surface area contributed by atoms with E-state index in [0.29, 0.717) is 0 Å². The number of aryl methyl sites for hydroxylation is 1. The van der Waals surface area contributed by atoms with Crippen LogP contribution >= 0.6 is 0 Å². The predicted molar refractivity (Wildman–Crippen MR) is 118 cm³/mol. The quantitative estimate of drug-likeness (QED) is 0.563. The molecule has 162 valence electrons. The molecule has 2 atom stereocenters. The highest BCUT2D eigenvalue weighted by atomic mass is 16.4. The average Bonchev–Trinajstić information content (AvgIpc) is 3.28. The molecule has 0 amide bonds. The number of hydrogen-bond acceptors (Lipinski definition) is 5. The van der Waals surface area contributed by atoms with Gasteiger partial charge in [-0.15, -0.1) is 5.10 Å². The molecule has 1 fully saturated rings. The molecule has 0 spiro atoms. The van der Waals surface area contributed by atoms with E-state index in [-0.39, 0.29) is 24.5 Å². The lowest BCUT2D eigenvalue weighted by Crippen LogP contribution is -2.32. The first-order valence-corrected chi connectivity index (χ1v) is 11.0. The molecule has 3 aromatic rings. The SMILES string of the molecule is Cc1ccc(C(CC(=O)O)NC(c2ccccc2)c2nnnn2C2CCCCC2)cc1. The van der Waals surface area contributed by atoms with E-state index >= 15 is 0 Å². The predicted octanol–water partition coefficient (Wildman–Crippen LogP) is 4.38. The zero-order valence-electron chi connectivity index (χ0n) is 17.8. The fourth-order valence-electron chi connectivity index (χ4n) is 4.39. The van der Waals surface area contributed by atoms with Gasteiger partial charge in [-0.25, -0.2) is 4.68 Å². The number of rotatable bonds is 8. The van der Waals surface area contributed by atoms with Crippen molar-refractivity contribution in [3.63, 3.8) is 0 Å².